The van der Waals surface area contributed by atoms with Crippen molar-refractivity contribution in [3.05, 3.63) is 87.1 Å². The van der Waals surface area contributed by atoms with E-state index in [1.165, 1.54) is 4.57 Å². The van der Waals surface area contributed by atoms with Gasteiger partial charge in [0.15, 0.2) is 0 Å². The molecular formula is C20H18F3N3O. The van der Waals surface area contributed by atoms with Crippen molar-refractivity contribution in [3.63, 3.8) is 0 Å². The lowest BCUT2D eigenvalue weighted by atomic mass is 10.1. The van der Waals surface area contributed by atoms with E-state index in [1.54, 1.807) is 0 Å². The van der Waals surface area contributed by atoms with Gasteiger partial charge in [0, 0.05) is 18.0 Å². The molecule has 0 aliphatic rings. The molecule has 7 heteroatoms. The molecule has 0 saturated carbocycles. The molecule has 140 valence electrons. The second-order valence-corrected chi connectivity index (χ2v) is 6.25. The molecule has 0 radical (unpaired) electrons. The Morgan fingerprint density at radius 1 is 1.04 bits per heavy atom. The summed E-state index contributed by atoms with van der Waals surface area (Å²) in [6, 6.07) is 8.81. The van der Waals surface area contributed by atoms with Gasteiger partial charge in [0.2, 0.25) is 11.8 Å². The van der Waals surface area contributed by atoms with Crippen molar-refractivity contribution in [3.8, 4) is 0 Å². The summed E-state index contributed by atoms with van der Waals surface area (Å²) in [5.74, 6) is -2.44. The van der Waals surface area contributed by atoms with Crippen molar-refractivity contribution in [1.29, 1.82) is 0 Å². The fraction of sp³-hybridized carbons (Fsp3) is 0.200. The van der Waals surface area contributed by atoms with Gasteiger partial charge in [-0.3, -0.25) is 4.79 Å². The Bertz CT molecular complexity index is 1030. The van der Waals surface area contributed by atoms with Crippen LogP contribution in [-0.4, -0.2) is 9.55 Å². The molecule has 1 N–H and O–H groups in total. The van der Waals surface area contributed by atoms with Crippen LogP contribution in [0.4, 0.5) is 24.8 Å². The molecule has 0 aliphatic heterocycles. The molecule has 0 fully saturated rings. The van der Waals surface area contributed by atoms with Gasteiger partial charge in [-0.15, -0.1) is 0 Å². The van der Waals surface area contributed by atoms with Gasteiger partial charge in [-0.2, -0.15) is 9.37 Å². The van der Waals surface area contributed by atoms with Crippen LogP contribution >= 0.6 is 0 Å². The van der Waals surface area contributed by atoms with Crippen LogP contribution in [0.3, 0.4) is 0 Å². The third kappa shape index (κ3) is 4.36. The van der Waals surface area contributed by atoms with Crippen LogP contribution in [-0.2, 0) is 13.0 Å². The minimum atomic E-state index is -1.05. The van der Waals surface area contributed by atoms with Crippen molar-refractivity contribution >= 4 is 11.6 Å². The molecule has 0 saturated heterocycles. The smallest absolute Gasteiger partial charge is 0.310 e. The first kappa shape index (κ1) is 18.7. The average molecular weight is 373 g/mol. The summed E-state index contributed by atoms with van der Waals surface area (Å²) in [6.07, 6.45) is 1.85. The molecule has 0 atom stereocenters. The number of rotatable bonds is 5. The lowest BCUT2D eigenvalue weighted by Crippen LogP contribution is -2.20. The van der Waals surface area contributed by atoms with E-state index in [1.807, 2.05) is 32.0 Å². The van der Waals surface area contributed by atoms with Gasteiger partial charge in [0.05, 0.1) is 6.54 Å². The van der Waals surface area contributed by atoms with Gasteiger partial charge in [0.1, 0.15) is 11.6 Å². The molecule has 0 aliphatic carbocycles. The summed E-state index contributed by atoms with van der Waals surface area (Å²) in [5, 5.41) is 3.01. The highest BCUT2D eigenvalue weighted by atomic mass is 19.1. The third-order valence-electron chi connectivity index (χ3n) is 4.17. The molecule has 3 aromatic rings. The molecule has 27 heavy (non-hydrogen) atoms. The van der Waals surface area contributed by atoms with Gasteiger partial charge in [-0.1, -0.05) is 19.1 Å². The highest BCUT2D eigenvalue weighted by molar-refractivity contribution is 5.59. The zero-order chi connectivity index (χ0) is 19.6. The maximum absolute atomic E-state index is 13.8. The first-order chi connectivity index (χ1) is 12.9. The minimum Gasteiger partial charge on any atom is -0.325 e. The summed E-state index contributed by atoms with van der Waals surface area (Å²) in [7, 11) is 0. The van der Waals surface area contributed by atoms with Crippen LogP contribution in [0.15, 0.2) is 47.4 Å². The third-order valence-corrected chi connectivity index (χ3v) is 4.17. The number of aryl methyl sites for hydroxylation is 2. The van der Waals surface area contributed by atoms with Crippen molar-refractivity contribution in [2.45, 2.75) is 26.8 Å². The number of anilines is 2. The Morgan fingerprint density at radius 2 is 1.74 bits per heavy atom. The standard InChI is InChI=1S/C20H18F3N3O/c1-3-13-4-5-18(12(2)6-13)24-20-25-19(27)17(23)11-26(20)10-14-7-15(21)9-16(22)8-14/h4-9,11H,3,10H2,1-2H3,(H,24,25,27). The zero-order valence-corrected chi connectivity index (χ0v) is 14.9. The van der Waals surface area contributed by atoms with Crippen LogP contribution in [0, 0.1) is 24.4 Å². The van der Waals surface area contributed by atoms with Crippen LogP contribution < -0.4 is 10.9 Å². The Hall–Kier alpha value is -3.09. The summed E-state index contributed by atoms with van der Waals surface area (Å²) in [4.78, 5) is 15.4. The Labute approximate surface area is 154 Å². The number of halogens is 3. The van der Waals surface area contributed by atoms with Gasteiger partial charge in [-0.05, 0) is 48.2 Å². The maximum atomic E-state index is 13.8. The molecule has 1 heterocycles. The van der Waals surface area contributed by atoms with Crippen molar-refractivity contribution < 1.29 is 13.2 Å². The molecule has 2 aromatic carbocycles. The van der Waals surface area contributed by atoms with E-state index in [4.69, 9.17) is 0 Å². The number of hydrogen-bond acceptors (Lipinski definition) is 3. The Morgan fingerprint density at radius 3 is 2.37 bits per heavy atom. The maximum Gasteiger partial charge on any atom is 0.310 e. The van der Waals surface area contributed by atoms with E-state index in [9.17, 15) is 18.0 Å². The highest BCUT2D eigenvalue weighted by Gasteiger charge is 2.11. The van der Waals surface area contributed by atoms with Crippen LogP contribution in [0.5, 0.6) is 0 Å². The first-order valence-electron chi connectivity index (χ1n) is 8.44. The summed E-state index contributed by atoms with van der Waals surface area (Å²) in [6.45, 7) is 3.88. The average Bonchev–Trinajstić information content (AvgIpc) is 2.60. The molecule has 4 nitrogen and oxygen atoms in total. The lowest BCUT2D eigenvalue weighted by molar-refractivity contribution is 0.568. The molecular weight excluding hydrogens is 355 g/mol. The highest BCUT2D eigenvalue weighted by Crippen LogP contribution is 2.21. The predicted octanol–water partition coefficient (Wildman–Crippen LogP) is 4.32. The molecule has 0 unspecified atom stereocenters. The van der Waals surface area contributed by atoms with E-state index in [2.05, 4.69) is 10.3 Å². The van der Waals surface area contributed by atoms with E-state index in [-0.39, 0.29) is 18.1 Å². The fourth-order valence-corrected chi connectivity index (χ4v) is 2.79. The predicted molar refractivity (Wildman–Crippen MR) is 97.8 cm³/mol. The number of nitrogens with zero attached hydrogens (tertiary/aromatic N) is 2. The van der Waals surface area contributed by atoms with E-state index in [0.717, 1.165) is 41.9 Å². The van der Waals surface area contributed by atoms with Gasteiger partial charge in [0.25, 0.3) is 0 Å². The SMILES string of the molecule is CCc1ccc(Nc2nc(=O)c(F)cn2Cc2cc(F)cc(F)c2)c(C)c1. The Kier molecular flexibility index (Phi) is 5.30. The summed E-state index contributed by atoms with van der Waals surface area (Å²) < 4.78 is 42.0. The molecule has 3 rings (SSSR count). The van der Waals surface area contributed by atoms with Crippen LogP contribution in [0.25, 0.3) is 0 Å². The topological polar surface area (TPSA) is 46.9 Å². The fourth-order valence-electron chi connectivity index (χ4n) is 2.79. The lowest BCUT2D eigenvalue weighted by Gasteiger charge is -2.16. The van der Waals surface area contributed by atoms with E-state index in [0.29, 0.717) is 5.69 Å². The second-order valence-electron chi connectivity index (χ2n) is 6.25. The molecule has 0 amide bonds. The van der Waals surface area contributed by atoms with Crippen molar-refractivity contribution in [2.75, 3.05) is 5.32 Å². The summed E-state index contributed by atoms with van der Waals surface area (Å²) in [5.41, 5.74) is 2.04. The Balaban J connectivity index is 1.99. The number of nitrogens with one attached hydrogen (secondary N) is 1. The monoisotopic (exact) mass is 373 g/mol. The largest absolute Gasteiger partial charge is 0.325 e. The minimum absolute atomic E-state index is 0.0622. The van der Waals surface area contributed by atoms with Crippen molar-refractivity contribution in [1.82, 2.24) is 9.55 Å². The zero-order valence-electron chi connectivity index (χ0n) is 14.9. The van der Waals surface area contributed by atoms with Gasteiger partial charge >= 0.3 is 5.56 Å². The number of aromatic nitrogens is 2. The van der Waals surface area contributed by atoms with Gasteiger partial charge < -0.3 is 9.88 Å². The number of benzene rings is 2. The van der Waals surface area contributed by atoms with Crippen LogP contribution in [0.1, 0.15) is 23.6 Å². The molecule has 0 spiro atoms. The van der Waals surface area contributed by atoms with E-state index >= 15 is 0 Å². The molecule has 1 aromatic heterocycles. The normalized spacial score (nSPS) is 10.9. The number of hydrogen-bond donors (Lipinski definition) is 1. The quantitative estimate of drug-likeness (QED) is 0.724. The second kappa shape index (κ2) is 7.65. The van der Waals surface area contributed by atoms with Crippen molar-refractivity contribution in [2.24, 2.45) is 0 Å². The first-order valence-corrected chi connectivity index (χ1v) is 8.44. The van der Waals surface area contributed by atoms with Gasteiger partial charge in [-0.25, -0.2) is 8.78 Å². The summed E-state index contributed by atoms with van der Waals surface area (Å²) >= 11 is 0. The van der Waals surface area contributed by atoms with E-state index < -0.39 is 23.0 Å². The molecule has 0 bridgehead atoms. The van der Waals surface area contributed by atoms with Crippen LogP contribution in [0.2, 0.25) is 0 Å².